The Bertz CT molecular complexity index is 1130. The first kappa shape index (κ1) is 18.1. The van der Waals surface area contributed by atoms with Crippen LogP contribution in [0, 0.1) is 0 Å². The van der Waals surface area contributed by atoms with Gasteiger partial charge in [-0.15, -0.1) is 10.2 Å². The SMILES string of the molecule is CC(Cc1nncn1C)c1cccc(-c2n[nH]c3ccc(C(F)(F)F)nc23)c1. The van der Waals surface area contributed by atoms with Gasteiger partial charge in [0.1, 0.15) is 29.1 Å². The number of fused-ring (bicyclic) bond motifs is 1. The molecule has 1 aromatic carbocycles. The maximum Gasteiger partial charge on any atom is 0.433 e. The van der Waals surface area contributed by atoms with Crippen molar-refractivity contribution in [3.63, 3.8) is 0 Å². The lowest BCUT2D eigenvalue weighted by Crippen LogP contribution is -2.07. The number of aromatic amines is 1. The molecule has 1 N–H and O–H groups in total. The fourth-order valence-corrected chi connectivity index (χ4v) is 3.13. The quantitative estimate of drug-likeness (QED) is 0.573. The molecule has 1 atom stereocenters. The Morgan fingerprint density at radius 1 is 1.18 bits per heavy atom. The molecule has 0 radical (unpaired) electrons. The summed E-state index contributed by atoms with van der Waals surface area (Å²) in [5.41, 5.74) is 1.86. The third-order valence-electron chi connectivity index (χ3n) is 4.72. The monoisotopic (exact) mass is 386 g/mol. The number of aryl methyl sites for hydroxylation is 1. The van der Waals surface area contributed by atoms with Gasteiger partial charge in [-0.05, 0) is 29.7 Å². The van der Waals surface area contributed by atoms with E-state index in [1.807, 2.05) is 35.9 Å². The molecule has 0 saturated heterocycles. The molecule has 3 heterocycles. The lowest BCUT2D eigenvalue weighted by atomic mass is 9.95. The standard InChI is InChI=1S/C19H17F3N6/c1-11(8-16-26-23-10-28(16)2)12-4-3-5-13(9-12)17-18-14(25-27-17)6-7-15(24-18)19(20,21)22/h3-7,9-11H,8H2,1-2H3,(H,25,27). The van der Waals surface area contributed by atoms with Gasteiger partial charge in [-0.3, -0.25) is 5.10 Å². The number of H-pyrrole nitrogens is 1. The second kappa shape index (κ2) is 6.74. The van der Waals surface area contributed by atoms with Gasteiger partial charge in [0, 0.05) is 19.0 Å². The highest BCUT2D eigenvalue weighted by Crippen LogP contribution is 2.32. The number of pyridine rings is 1. The molecule has 144 valence electrons. The fraction of sp³-hybridized carbons (Fsp3) is 0.263. The Kier molecular flexibility index (Phi) is 4.37. The van der Waals surface area contributed by atoms with Crippen molar-refractivity contribution < 1.29 is 13.2 Å². The summed E-state index contributed by atoms with van der Waals surface area (Å²) in [6, 6.07) is 9.89. The van der Waals surface area contributed by atoms with Gasteiger partial charge in [0.25, 0.3) is 0 Å². The van der Waals surface area contributed by atoms with Crippen molar-refractivity contribution in [3.8, 4) is 11.3 Å². The van der Waals surface area contributed by atoms with Crippen LogP contribution in [0.3, 0.4) is 0 Å². The minimum Gasteiger partial charge on any atom is -0.321 e. The van der Waals surface area contributed by atoms with Crippen LogP contribution in [0.1, 0.15) is 29.9 Å². The van der Waals surface area contributed by atoms with Crippen LogP contribution in [0.5, 0.6) is 0 Å². The number of halogens is 3. The van der Waals surface area contributed by atoms with Gasteiger partial charge < -0.3 is 4.57 Å². The molecule has 0 saturated carbocycles. The summed E-state index contributed by atoms with van der Waals surface area (Å²) in [6.45, 7) is 2.07. The van der Waals surface area contributed by atoms with Gasteiger partial charge in [0.05, 0.1) is 5.52 Å². The van der Waals surface area contributed by atoms with Crippen molar-refractivity contribution in [3.05, 3.63) is 59.8 Å². The summed E-state index contributed by atoms with van der Waals surface area (Å²) >= 11 is 0. The minimum atomic E-state index is -4.50. The topological polar surface area (TPSA) is 72.3 Å². The molecule has 0 bridgehead atoms. The van der Waals surface area contributed by atoms with Gasteiger partial charge >= 0.3 is 6.18 Å². The third kappa shape index (κ3) is 3.35. The van der Waals surface area contributed by atoms with E-state index in [0.717, 1.165) is 17.5 Å². The Hall–Kier alpha value is -3.23. The van der Waals surface area contributed by atoms with E-state index in [1.165, 1.54) is 6.07 Å². The van der Waals surface area contributed by atoms with E-state index in [4.69, 9.17) is 0 Å². The Balaban J connectivity index is 1.70. The van der Waals surface area contributed by atoms with Crippen molar-refractivity contribution in [2.24, 2.45) is 7.05 Å². The van der Waals surface area contributed by atoms with Gasteiger partial charge in [0.15, 0.2) is 0 Å². The Morgan fingerprint density at radius 2 is 2.00 bits per heavy atom. The summed E-state index contributed by atoms with van der Waals surface area (Å²) in [4.78, 5) is 3.79. The minimum absolute atomic E-state index is 0.145. The van der Waals surface area contributed by atoms with E-state index in [1.54, 1.807) is 6.33 Å². The zero-order valence-electron chi connectivity index (χ0n) is 15.2. The highest BCUT2D eigenvalue weighted by molar-refractivity contribution is 5.89. The summed E-state index contributed by atoms with van der Waals surface area (Å²) in [7, 11) is 1.89. The number of alkyl halides is 3. The first-order chi connectivity index (χ1) is 13.3. The van der Waals surface area contributed by atoms with Crippen LogP contribution < -0.4 is 0 Å². The number of nitrogens with one attached hydrogen (secondary N) is 1. The van der Waals surface area contributed by atoms with Gasteiger partial charge in [-0.1, -0.05) is 25.1 Å². The zero-order valence-corrected chi connectivity index (χ0v) is 15.2. The molecule has 0 amide bonds. The molecular weight excluding hydrogens is 369 g/mol. The lowest BCUT2D eigenvalue weighted by molar-refractivity contribution is -0.140. The molecule has 4 aromatic rings. The fourth-order valence-electron chi connectivity index (χ4n) is 3.13. The molecule has 0 aliphatic rings. The summed E-state index contributed by atoms with van der Waals surface area (Å²) in [6.07, 6.45) is -2.16. The molecule has 0 aliphatic carbocycles. The first-order valence-corrected chi connectivity index (χ1v) is 8.68. The molecule has 28 heavy (non-hydrogen) atoms. The van der Waals surface area contributed by atoms with Crippen molar-refractivity contribution in [1.82, 2.24) is 29.9 Å². The van der Waals surface area contributed by atoms with E-state index in [-0.39, 0.29) is 11.4 Å². The van der Waals surface area contributed by atoms with Crippen molar-refractivity contribution in [2.75, 3.05) is 0 Å². The normalized spacial score (nSPS) is 13.2. The van der Waals surface area contributed by atoms with Gasteiger partial charge in [0.2, 0.25) is 0 Å². The van der Waals surface area contributed by atoms with Crippen molar-refractivity contribution >= 4 is 11.0 Å². The lowest BCUT2D eigenvalue weighted by Gasteiger charge is -2.12. The van der Waals surface area contributed by atoms with E-state index in [2.05, 4.69) is 32.3 Å². The first-order valence-electron chi connectivity index (χ1n) is 8.68. The predicted octanol–water partition coefficient (Wildman–Crippen LogP) is 4.12. The molecule has 0 fully saturated rings. The molecule has 0 spiro atoms. The number of hydrogen-bond acceptors (Lipinski definition) is 4. The van der Waals surface area contributed by atoms with Gasteiger partial charge in [-0.2, -0.15) is 18.3 Å². The van der Waals surface area contributed by atoms with Crippen molar-refractivity contribution in [2.45, 2.75) is 25.4 Å². The second-order valence-corrected chi connectivity index (χ2v) is 6.75. The number of benzene rings is 1. The van der Waals surface area contributed by atoms with E-state index >= 15 is 0 Å². The Labute approximate surface area is 158 Å². The van der Waals surface area contributed by atoms with E-state index in [0.29, 0.717) is 23.2 Å². The smallest absolute Gasteiger partial charge is 0.321 e. The molecule has 4 rings (SSSR count). The molecule has 9 heteroatoms. The Morgan fingerprint density at radius 3 is 2.71 bits per heavy atom. The van der Waals surface area contributed by atoms with Crippen LogP contribution in [0.2, 0.25) is 0 Å². The van der Waals surface area contributed by atoms with Crippen LogP contribution in [-0.4, -0.2) is 29.9 Å². The number of nitrogens with zero attached hydrogens (tertiary/aromatic N) is 5. The van der Waals surface area contributed by atoms with Crippen LogP contribution >= 0.6 is 0 Å². The largest absolute Gasteiger partial charge is 0.433 e. The highest BCUT2D eigenvalue weighted by atomic mass is 19.4. The third-order valence-corrected chi connectivity index (χ3v) is 4.72. The molecule has 6 nitrogen and oxygen atoms in total. The summed E-state index contributed by atoms with van der Waals surface area (Å²) < 4.78 is 41.0. The van der Waals surface area contributed by atoms with E-state index in [9.17, 15) is 13.2 Å². The maximum atomic E-state index is 13.0. The molecular formula is C19H17F3N6. The van der Waals surface area contributed by atoms with Crippen LogP contribution in [0.15, 0.2) is 42.7 Å². The zero-order chi connectivity index (χ0) is 19.9. The molecule has 1 unspecified atom stereocenters. The summed E-state index contributed by atoms with van der Waals surface area (Å²) in [5, 5.41) is 14.9. The van der Waals surface area contributed by atoms with Crippen molar-refractivity contribution in [1.29, 1.82) is 0 Å². The molecule has 3 aromatic heterocycles. The number of hydrogen-bond donors (Lipinski definition) is 1. The summed E-state index contributed by atoms with van der Waals surface area (Å²) in [5.74, 6) is 1.01. The predicted molar refractivity (Wildman–Crippen MR) is 97.4 cm³/mol. The number of aromatic nitrogens is 6. The second-order valence-electron chi connectivity index (χ2n) is 6.75. The van der Waals surface area contributed by atoms with Crippen LogP contribution in [-0.2, 0) is 19.6 Å². The molecule has 0 aliphatic heterocycles. The average molecular weight is 386 g/mol. The van der Waals surface area contributed by atoms with Crippen LogP contribution in [0.4, 0.5) is 13.2 Å². The van der Waals surface area contributed by atoms with Crippen LogP contribution in [0.25, 0.3) is 22.3 Å². The highest BCUT2D eigenvalue weighted by Gasteiger charge is 2.33. The average Bonchev–Trinajstić information content (AvgIpc) is 3.27. The number of rotatable bonds is 4. The van der Waals surface area contributed by atoms with Gasteiger partial charge in [-0.25, -0.2) is 4.98 Å². The van der Waals surface area contributed by atoms with E-state index < -0.39 is 11.9 Å². The maximum absolute atomic E-state index is 13.0.